The summed E-state index contributed by atoms with van der Waals surface area (Å²) in [6.07, 6.45) is 0. The van der Waals surface area contributed by atoms with E-state index >= 15 is 0 Å². The topological polar surface area (TPSA) is 59.1 Å². The molecule has 162 valence electrons. The number of hydrogen-bond donors (Lipinski definition) is 2. The number of aryl methyl sites for hydroxylation is 2. The highest BCUT2D eigenvalue weighted by Crippen LogP contribution is 2.40. The van der Waals surface area contributed by atoms with Crippen molar-refractivity contribution in [2.24, 2.45) is 5.73 Å². The van der Waals surface area contributed by atoms with E-state index in [9.17, 15) is 4.39 Å². The van der Waals surface area contributed by atoms with Crippen LogP contribution in [0.2, 0.25) is 0 Å². The Morgan fingerprint density at radius 1 is 1.13 bits per heavy atom. The monoisotopic (exact) mass is 419 g/mol. The predicted molar refractivity (Wildman–Crippen MR) is 125 cm³/mol. The molecule has 2 aromatic carbocycles. The van der Waals surface area contributed by atoms with E-state index in [1.165, 1.54) is 23.3 Å². The van der Waals surface area contributed by atoms with Crippen LogP contribution in [0.3, 0.4) is 0 Å². The van der Waals surface area contributed by atoms with E-state index in [1.54, 1.807) is 12.1 Å². The highest BCUT2D eigenvalue weighted by atomic mass is 19.1. The summed E-state index contributed by atoms with van der Waals surface area (Å²) in [7, 11) is 0. The first-order chi connectivity index (χ1) is 14.7. The van der Waals surface area contributed by atoms with Crippen LogP contribution in [-0.2, 0) is 12.1 Å². The van der Waals surface area contributed by atoms with Crippen LogP contribution in [0.1, 0.15) is 30.8 Å². The quantitative estimate of drug-likeness (QED) is 0.606. The van der Waals surface area contributed by atoms with Gasteiger partial charge in [0.2, 0.25) is 0 Å². The lowest BCUT2D eigenvalue weighted by atomic mass is 9.98. The van der Waals surface area contributed by atoms with Crippen LogP contribution < -0.4 is 11.1 Å². The van der Waals surface area contributed by atoms with Gasteiger partial charge in [-0.25, -0.2) is 9.37 Å². The molecule has 5 nitrogen and oxygen atoms in total. The summed E-state index contributed by atoms with van der Waals surface area (Å²) in [4.78, 5) is 7.29. The fourth-order valence-corrected chi connectivity index (χ4v) is 4.52. The summed E-state index contributed by atoms with van der Waals surface area (Å²) < 4.78 is 15.8. The minimum atomic E-state index is -0.383. The average molecular weight is 420 g/mol. The fraction of sp³-hybridized carbons (Fsp3) is 0.320. The molecule has 0 saturated carbocycles. The van der Waals surface area contributed by atoms with Gasteiger partial charge in [0.1, 0.15) is 23.2 Å². The lowest BCUT2D eigenvalue weighted by Crippen LogP contribution is -2.49. The van der Waals surface area contributed by atoms with E-state index in [-0.39, 0.29) is 11.4 Å². The second-order valence-electron chi connectivity index (χ2n) is 8.77. The van der Waals surface area contributed by atoms with Crippen molar-refractivity contribution in [2.45, 2.75) is 39.8 Å². The molecular formula is C25H30FN5. The first-order valence-electron chi connectivity index (χ1n) is 10.6. The van der Waals surface area contributed by atoms with Crippen molar-refractivity contribution in [1.82, 2.24) is 14.5 Å². The first-order valence-corrected chi connectivity index (χ1v) is 10.6. The maximum atomic E-state index is 13.6. The highest BCUT2D eigenvalue weighted by molar-refractivity contribution is 5.77. The van der Waals surface area contributed by atoms with Gasteiger partial charge in [0.15, 0.2) is 0 Å². The third-order valence-electron chi connectivity index (χ3n) is 5.96. The molecule has 0 fully saturated rings. The highest BCUT2D eigenvalue weighted by Gasteiger charge is 2.39. The zero-order chi connectivity index (χ0) is 22.3. The van der Waals surface area contributed by atoms with Gasteiger partial charge in [-0.1, -0.05) is 12.6 Å². The number of imidazole rings is 1. The van der Waals surface area contributed by atoms with E-state index in [0.29, 0.717) is 6.54 Å². The second kappa shape index (κ2) is 7.85. The molecule has 0 saturated heterocycles. The van der Waals surface area contributed by atoms with Crippen molar-refractivity contribution in [1.29, 1.82) is 0 Å². The summed E-state index contributed by atoms with van der Waals surface area (Å²) in [6.45, 7) is 14.6. The van der Waals surface area contributed by atoms with E-state index in [1.807, 2.05) is 0 Å². The molecule has 0 unspecified atom stereocenters. The number of fused-ring (bicyclic) bond motifs is 1. The molecule has 1 aliphatic heterocycles. The van der Waals surface area contributed by atoms with Crippen molar-refractivity contribution in [3.8, 4) is 11.3 Å². The Kier molecular flexibility index (Phi) is 5.35. The Labute approximate surface area is 183 Å². The van der Waals surface area contributed by atoms with Crippen LogP contribution in [0.4, 0.5) is 15.9 Å². The SMILES string of the molecule is C=C(CN)N1CCn2c(nc(-c3ccc(F)cc3)c2Nc2cc(C)cc(C)c2)C1(C)C. The number of halogens is 1. The van der Waals surface area contributed by atoms with Crippen LogP contribution in [0.25, 0.3) is 11.3 Å². The lowest BCUT2D eigenvalue weighted by Gasteiger charge is -2.44. The number of nitrogens with one attached hydrogen (secondary N) is 1. The van der Waals surface area contributed by atoms with Gasteiger partial charge in [0.05, 0.1) is 5.54 Å². The summed E-state index contributed by atoms with van der Waals surface area (Å²) >= 11 is 0. The molecule has 4 rings (SSSR count). The molecule has 1 aliphatic rings. The molecule has 0 atom stereocenters. The van der Waals surface area contributed by atoms with Gasteiger partial charge in [-0.15, -0.1) is 0 Å². The van der Waals surface area contributed by atoms with E-state index in [2.05, 4.69) is 67.3 Å². The van der Waals surface area contributed by atoms with Gasteiger partial charge < -0.3 is 20.5 Å². The van der Waals surface area contributed by atoms with Crippen molar-refractivity contribution >= 4 is 11.5 Å². The summed E-state index contributed by atoms with van der Waals surface area (Å²) in [6, 6.07) is 12.9. The Balaban J connectivity index is 1.87. The third kappa shape index (κ3) is 3.83. The van der Waals surface area contributed by atoms with E-state index < -0.39 is 0 Å². The summed E-state index contributed by atoms with van der Waals surface area (Å²) in [5.41, 5.74) is 11.5. The maximum absolute atomic E-state index is 13.6. The van der Waals surface area contributed by atoms with Gasteiger partial charge in [0, 0.05) is 36.6 Å². The molecule has 0 bridgehead atoms. The van der Waals surface area contributed by atoms with Crippen LogP contribution in [0.5, 0.6) is 0 Å². The normalized spacial score (nSPS) is 15.0. The lowest BCUT2D eigenvalue weighted by molar-refractivity contribution is 0.118. The number of hydrogen-bond acceptors (Lipinski definition) is 4. The summed E-state index contributed by atoms with van der Waals surface area (Å²) in [5, 5.41) is 3.61. The number of nitrogens with zero attached hydrogens (tertiary/aromatic N) is 3. The molecular weight excluding hydrogens is 389 g/mol. The Morgan fingerprint density at radius 3 is 2.39 bits per heavy atom. The largest absolute Gasteiger partial charge is 0.360 e. The van der Waals surface area contributed by atoms with E-state index in [0.717, 1.165) is 47.4 Å². The van der Waals surface area contributed by atoms with Gasteiger partial charge in [-0.2, -0.15) is 0 Å². The van der Waals surface area contributed by atoms with Crippen LogP contribution in [0.15, 0.2) is 54.7 Å². The third-order valence-corrected chi connectivity index (χ3v) is 5.96. The number of aromatic nitrogens is 2. The average Bonchev–Trinajstić information content (AvgIpc) is 3.07. The zero-order valence-electron chi connectivity index (χ0n) is 18.7. The molecule has 6 heteroatoms. The molecule has 0 aliphatic carbocycles. The van der Waals surface area contributed by atoms with Gasteiger partial charge in [-0.3, -0.25) is 0 Å². The Hall–Kier alpha value is -3.12. The minimum absolute atomic E-state index is 0.262. The number of benzene rings is 2. The smallest absolute Gasteiger partial charge is 0.138 e. The molecule has 0 amide bonds. The maximum Gasteiger partial charge on any atom is 0.138 e. The molecule has 1 aromatic heterocycles. The molecule has 2 heterocycles. The molecule has 3 N–H and O–H groups in total. The van der Waals surface area contributed by atoms with Crippen molar-refractivity contribution in [2.75, 3.05) is 18.4 Å². The Bertz CT molecular complexity index is 1110. The van der Waals surface area contributed by atoms with Crippen molar-refractivity contribution < 1.29 is 4.39 Å². The van der Waals surface area contributed by atoms with Gasteiger partial charge in [-0.05, 0) is 75.2 Å². The van der Waals surface area contributed by atoms with Crippen molar-refractivity contribution in [3.63, 3.8) is 0 Å². The first kappa shape index (κ1) is 21.1. The fourth-order valence-electron chi connectivity index (χ4n) is 4.52. The molecule has 0 spiro atoms. The van der Waals surface area contributed by atoms with Crippen molar-refractivity contribution in [3.05, 3.63) is 77.5 Å². The second-order valence-corrected chi connectivity index (χ2v) is 8.77. The van der Waals surface area contributed by atoms with E-state index in [4.69, 9.17) is 10.7 Å². The van der Waals surface area contributed by atoms with Crippen LogP contribution in [0, 0.1) is 19.7 Å². The number of rotatable bonds is 5. The van der Waals surface area contributed by atoms with Gasteiger partial charge >= 0.3 is 0 Å². The summed E-state index contributed by atoms with van der Waals surface area (Å²) in [5.74, 6) is 1.58. The number of anilines is 2. The van der Waals surface area contributed by atoms with Crippen LogP contribution in [-0.4, -0.2) is 27.5 Å². The Morgan fingerprint density at radius 2 is 1.77 bits per heavy atom. The zero-order valence-corrected chi connectivity index (χ0v) is 18.7. The molecule has 3 aromatic rings. The minimum Gasteiger partial charge on any atom is -0.360 e. The van der Waals surface area contributed by atoms with Crippen LogP contribution >= 0.6 is 0 Å². The standard InChI is InChI=1S/C25H30FN5/c1-16-12-17(2)14-21(13-16)28-23-22(19-6-8-20(26)9-7-19)29-24-25(4,5)31(18(3)15-27)11-10-30(23)24/h6-9,12-14,28H,3,10-11,15,27H2,1-2,4-5H3. The predicted octanol–water partition coefficient (Wildman–Crippen LogP) is 5.07. The number of nitrogens with two attached hydrogens (primary N) is 1. The van der Waals surface area contributed by atoms with Gasteiger partial charge in [0.25, 0.3) is 0 Å². The molecule has 31 heavy (non-hydrogen) atoms. The molecule has 0 radical (unpaired) electrons.